The fraction of sp³-hybridized carbons (Fsp3) is 0.357. The minimum absolute atomic E-state index is 0.0168. The number of rotatable bonds is 9. The van der Waals surface area contributed by atoms with Gasteiger partial charge in [-0.2, -0.15) is 5.26 Å². The summed E-state index contributed by atoms with van der Waals surface area (Å²) >= 11 is 1.35. The maximum atomic E-state index is 12.9. The van der Waals surface area contributed by atoms with Crippen LogP contribution in [0.1, 0.15) is 53.4 Å². The Morgan fingerprint density at radius 2 is 2.14 bits per heavy atom. The molecule has 0 spiro atoms. The first kappa shape index (κ1) is 26.2. The van der Waals surface area contributed by atoms with Crippen LogP contribution in [0.25, 0.3) is 0 Å². The summed E-state index contributed by atoms with van der Waals surface area (Å²) in [6.07, 6.45) is 2.69. The zero-order valence-corrected chi connectivity index (χ0v) is 21.8. The number of nitrogens with one attached hydrogen (secondary N) is 1. The molecule has 2 amide bonds. The maximum Gasteiger partial charge on any atom is 0.410 e. The van der Waals surface area contributed by atoms with Gasteiger partial charge in [0.15, 0.2) is 0 Å². The molecule has 192 valence electrons. The Hall–Kier alpha value is -3.90. The van der Waals surface area contributed by atoms with E-state index < -0.39 is 0 Å². The average Bonchev–Trinajstić information content (AvgIpc) is 3.25. The Morgan fingerprint density at radius 3 is 2.89 bits per heavy atom. The number of nitrogens with zero attached hydrogens (tertiary/aromatic N) is 3. The summed E-state index contributed by atoms with van der Waals surface area (Å²) in [6.45, 7) is 5.57. The summed E-state index contributed by atoms with van der Waals surface area (Å²) in [5.74, 6) is 0.608. The number of carbonyl (C=O) groups excluding carboxylic acids is 2. The van der Waals surface area contributed by atoms with E-state index in [0.717, 1.165) is 27.4 Å². The van der Waals surface area contributed by atoms with Crippen LogP contribution in [0, 0.1) is 11.3 Å². The van der Waals surface area contributed by atoms with E-state index in [-0.39, 0.29) is 30.9 Å². The molecule has 3 aromatic rings. The van der Waals surface area contributed by atoms with Crippen molar-refractivity contribution in [1.82, 2.24) is 9.88 Å². The van der Waals surface area contributed by atoms with E-state index in [0.29, 0.717) is 43.1 Å². The van der Waals surface area contributed by atoms with Gasteiger partial charge in [0, 0.05) is 36.2 Å². The smallest absolute Gasteiger partial charge is 0.410 e. The lowest BCUT2D eigenvalue weighted by atomic mass is 9.97. The molecule has 1 aromatic carbocycles. The third kappa shape index (κ3) is 6.66. The largest absolute Gasteiger partial charge is 0.494 e. The van der Waals surface area contributed by atoms with E-state index in [2.05, 4.69) is 16.4 Å². The van der Waals surface area contributed by atoms with Gasteiger partial charge in [0.05, 0.1) is 25.3 Å². The molecule has 0 saturated heterocycles. The van der Waals surface area contributed by atoms with Crippen molar-refractivity contribution in [1.29, 1.82) is 5.26 Å². The van der Waals surface area contributed by atoms with E-state index in [1.807, 2.05) is 56.3 Å². The van der Waals surface area contributed by atoms with Gasteiger partial charge in [-0.25, -0.2) is 4.79 Å². The minimum atomic E-state index is -0.387. The molecule has 0 fully saturated rings. The first-order chi connectivity index (χ1) is 18.0. The van der Waals surface area contributed by atoms with Crippen LogP contribution in [-0.2, 0) is 28.9 Å². The van der Waals surface area contributed by atoms with Crippen LogP contribution in [0.5, 0.6) is 5.75 Å². The standard InChI is InChI=1S/C28H30N4O4S/c1-3-35-22-9-6-7-20(16-22)19(2)15-26(33)31-27-24(17-29)23-10-13-32(18-25(23)37-27)28(34)36-14-11-21-8-4-5-12-30-21/h4-9,12,16,19H,3,10-11,13-15,18H2,1-2H3,(H,31,33). The van der Waals surface area contributed by atoms with E-state index >= 15 is 0 Å². The molecule has 1 aliphatic heterocycles. The third-order valence-corrected chi connectivity index (χ3v) is 7.35. The van der Waals surface area contributed by atoms with Gasteiger partial charge in [0.1, 0.15) is 16.8 Å². The molecule has 0 radical (unpaired) electrons. The van der Waals surface area contributed by atoms with Crippen molar-refractivity contribution in [3.8, 4) is 11.8 Å². The second-order valence-electron chi connectivity index (χ2n) is 8.84. The number of carbonyl (C=O) groups is 2. The quantitative estimate of drug-likeness (QED) is 0.413. The molecule has 2 aromatic heterocycles. The molecule has 1 unspecified atom stereocenters. The zero-order valence-electron chi connectivity index (χ0n) is 21.0. The Bertz CT molecular complexity index is 1290. The topological polar surface area (TPSA) is 105 Å². The lowest BCUT2D eigenvalue weighted by molar-refractivity contribution is -0.116. The van der Waals surface area contributed by atoms with Gasteiger partial charge in [0.25, 0.3) is 0 Å². The zero-order chi connectivity index (χ0) is 26.2. The van der Waals surface area contributed by atoms with Crippen LogP contribution < -0.4 is 10.1 Å². The number of pyridine rings is 1. The number of anilines is 1. The van der Waals surface area contributed by atoms with Gasteiger partial charge >= 0.3 is 6.09 Å². The van der Waals surface area contributed by atoms with Crippen LogP contribution >= 0.6 is 11.3 Å². The molecular formula is C28H30N4O4S. The number of ether oxygens (including phenoxy) is 2. The first-order valence-electron chi connectivity index (χ1n) is 12.4. The molecule has 0 bridgehead atoms. The highest BCUT2D eigenvalue weighted by atomic mass is 32.1. The molecule has 1 atom stereocenters. The molecule has 1 aliphatic rings. The van der Waals surface area contributed by atoms with Crippen molar-refractivity contribution in [2.24, 2.45) is 0 Å². The van der Waals surface area contributed by atoms with Gasteiger partial charge in [0.2, 0.25) is 5.91 Å². The Labute approximate surface area is 220 Å². The molecule has 0 saturated carbocycles. The van der Waals surface area contributed by atoms with Gasteiger partial charge in [-0.05, 0) is 54.7 Å². The van der Waals surface area contributed by atoms with Crippen LogP contribution in [0.4, 0.5) is 9.80 Å². The van der Waals surface area contributed by atoms with E-state index in [4.69, 9.17) is 9.47 Å². The third-order valence-electron chi connectivity index (χ3n) is 6.22. The molecular weight excluding hydrogens is 488 g/mol. The summed E-state index contributed by atoms with van der Waals surface area (Å²) < 4.78 is 11.0. The second kappa shape index (κ2) is 12.4. The average molecular weight is 519 g/mol. The predicted octanol–water partition coefficient (Wildman–Crippen LogP) is 5.28. The highest BCUT2D eigenvalue weighted by Gasteiger charge is 2.28. The van der Waals surface area contributed by atoms with E-state index in [9.17, 15) is 14.9 Å². The van der Waals surface area contributed by atoms with E-state index in [1.165, 1.54) is 11.3 Å². The summed E-state index contributed by atoms with van der Waals surface area (Å²) in [6, 6.07) is 15.6. The summed E-state index contributed by atoms with van der Waals surface area (Å²) in [7, 11) is 0. The van der Waals surface area contributed by atoms with Gasteiger partial charge in [-0.15, -0.1) is 11.3 Å². The summed E-state index contributed by atoms with van der Waals surface area (Å²) in [5, 5.41) is 13.3. The van der Waals surface area contributed by atoms with Crippen LogP contribution in [0.2, 0.25) is 0 Å². The van der Waals surface area contributed by atoms with E-state index in [1.54, 1.807) is 11.1 Å². The number of nitriles is 1. The van der Waals surface area contributed by atoms with Crippen molar-refractivity contribution < 1.29 is 19.1 Å². The van der Waals surface area contributed by atoms with Crippen LogP contribution in [0.15, 0.2) is 48.7 Å². The lowest BCUT2D eigenvalue weighted by Gasteiger charge is -2.26. The predicted molar refractivity (Wildman–Crippen MR) is 142 cm³/mol. The van der Waals surface area contributed by atoms with Crippen molar-refractivity contribution in [2.45, 2.75) is 45.6 Å². The van der Waals surface area contributed by atoms with Gasteiger partial charge in [-0.3, -0.25) is 9.78 Å². The molecule has 0 aliphatic carbocycles. The Balaban J connectivity index is 1.35. The SMILES string of the molecule is CCOc1cccc(C(C)CC(=O)Nc2sc3c(c2C#N)CCN(C(=O)OCCc2ccccn2)C3)c1. The molecule has 3 heterocycles. The number of fused-ring (bicyclic) bond motifs is 1. The summed E-state index contributed by atoms with van der Waals surface area (Å²) in [5.41, 5.74) is 3.27. The van der Waals surface area contributed by atoms with Crippen molar-refractivity contribution in [3.63, 3.8) is 0 Å². The summed E-state index contributed by atoms with van der Waals surface area (Å²) in [4.78, 5) is 32.2. The fourth-order valence-electron chi connectivity index (χ4n) is 4.30. The first-order valence-corrected chi connectivity index (χ1v) is 13.2. The second-order valence-corrected chi connectivity index (χ2v) is 9.94. The number of benzene rings is 1. The highest BCUT2D eigenvalue weighted by molar-refractivity contribution is 7.16. The molecule has 37 heavy (non-hydrogen) atoms. The van der Waals surface area contributed by atoms with Crippen LogP contribution in [0.3, 0.4) is 0 Å². The van der Waals surface area contributed by atoms with Gasteiger partial charge in [-0.1, -0.05) is 25.1 Å². The number of aromatic nitrogens is 1. The fourth-order valence-corrected chi connectivity index (χ4v) is 5.53. The number of thiophene rings is 1. The van der Waals surface area contributed by atoms with Gasteiger partial charge < -0.3 is 19.7 Å². The van der Waals surface area contributed by atoms with Crippen molar-refractivity contribution in [3.05, 3.63) is 75.9 Å². The number of amides is 2. The molecule has 4 rings (SSSR count). The minimum Gasteiger partial charge on any atom is -0.494 e. The Morgan fingerprint density at radius 1 is 1.27 bits per heavy atom. The maximum absolute atomic E-state index is 12.9. The lowest BCUT2D eigenvalue weighted by Crippen LogP contribution is -2.36. The highest BCUT2D eigenvalue weighted by Crippen LogP contribution is 2.37. The Kier molecular flexibility index (Phi) is 8.75. The van der Waals surface area contributed by atoms with Crippen molar-refractivity contribution >= 4 is 28.3 Å². The number of hydrogen-bond acceptors (Lipinski definition) is 7. The molecule has 9 heteroatoms. The molecule has 8 nitrogen and oxygen atoms in total. The van der Waals surface area contributed by atoms with Crippen molar-refractivity contribution in [2.75, 3.05) is 25.1 Å². The van der Waals surface area contributed by atoms with Crippen LogP contribution in [-0.4, -0.2) is 41.6 Å². The monoisotopic (exact) mass is 518 g/mol. The molecule has 1 N–H and O–H groups in total. The normalized spacial score (nSPS) is 13.3. The number of hydrogen-bond donors (Lipinski definition) is 1.